The Labute approximate surface area is 333 Å². The molecule has 0 spiro atoms. The average Bonchev–Trinajstić information content (AvgIpc) is 3.94. The monoisotopic (exact) mass is 742 g/mol. The van der Waals surface area contributed by atoms with Crippen LogP contribution in [0.5, 0.6) is 0 Å². The van der Waals surface area contributed by atoms with E-state index in [0.29, 0.717) is 0 Å². The van der Waals surface area contributed by atoms with Gasteiger partial charge in [0.2, 0.25) is 0 Å². The third-order valence-electron chi connectivity index (χ3n) is 11.8. The van der Waals surface area contributed by atoms with E-state index in [2.05, 4.69) is 215 Å². The van der Waals surface area contributed by atoms with Crippen LogP contribution in [0.3, 0.4) is 0 Å². The van der Waals surface area contributed by atoms with E-state index in [9.17, 15) is 0 Å². The van der Waals surface area contributed by atoms with Crippen LogP contribution in [0.1, 0.15) is 0 Å². The van der Waals surface area contributed by atoms with Crippen LogP contribution in [0, 0.1) is 0 Å². The fraction of sp³-hybridized carbons (Fsp3) is 0. The minimum Gasteiger partial charge on any atom is -0.309 e. The van der Waals surface area contributed by atoms with Crippen LogP contribution in [0.15, 0.2) is 206 Å². The Kier molecular flexibility index (Phi) is 7.13. The van der Waals surface area contributed by atoms with Gasteiger partial charge in [-0.3, -0.25) is 0 Å². The highest BCUT2D eigenvalue weighted by Gasteiger charge is 2.16. The number of aromatic nitrogens is 2. The van der Waals surface area contributed by atoms with Crippen LogP contribution >= 0.6 is 11.3 Å². The Morgan fingerprint density at radius 3 is 1.35 bits per heavy atom. The quantitative estimate of drug-likeness (QED) is 0.166. The van der Waals surface area contributed by atoms with Gasteiger partial charge in [-0.15, -0.1) is 11.3 Å². The zero-order valence-corrected chi connectivity index (χ0v) is 31.7. The fourth-order valence-corrected chi connectivity index (χ4v) is 10.2. The molecule has 0 atom stereocenters. The molecule has 12 rings (SSSR count). The van der Waals surface area contributed by atoms with E-state index in [1.165, 1.54) is 103 Å². The molecule has 0 unspecified atom stereocenters. The zero-order valence-electron chi connectivity index (χ0n) is 30.9. The Morgan fingerprint density at radius 1 is 0.281 bits per heavy atom. The van der Waals surface area contributed by atoms with E-state index in [1.54, 1.807) is 0 Å². The summed E-state index contributed by atoms with van der Waals surface area (Å²) in [6.45, 7) is 0. The van der Waals surface area contributed by atoms with Crippen molar-refractivity contribution in [3.8, 4) is 44.8 Å². The van der Waals surface area contributed by atoms with Crippen LogP contribution in [0.25, 0.3) is 109 Å². The lowest BCUT2D eigenvalue weighted by molar-refractivity contribution is 1.18. The number of hydrogen-bond donors (Lipinski definition) is 0. The largest absolute Gasteiger partial charge is 0.309 e. The number of fused-ring (bicyclic) bond motifs is 9. The van der Waals surface area contributed by atoms with Crippen LogP contribution in [0.4, 0.5) is 0 Å². The summed E-state index contributed by atoms with van der Waals surface area (Å²) in [6.07, 6.45) is 0. The third kappa shape index (κ3) is 5.03. The lowest BCUT2D eigenvalue weighted by atomic mass is 9.98. The van der Waals surface area contributed by atoms with Crippen LogP contribution in [0.2, 0.25) is 0 Å². The summed E-state index contributed by atoms with van der Waals surface area (Å²) in [4.78, 5) is 0. The molecule has 2 nitrogen and oxygen atoms in total. The summed E-state index contributed by atoms with van der Waals surface area (Å²) in [7, 11) is 0. The molecule has 0 saturated heterocycles. The predicted molar refractivity (Wildman–Crippen MR) is 244 cm³/mol. The summed E-state index contributed by atoms with van der Waals surface area (Å²) in [5.41, 5.74) is 14.6. The molecule has 0 saturated carbocycles. The molecule has 57 heavy (non-hydrogen) atoms. The summed E-state index contributed by atoms with van der Waals surface area (Å²) in [6, 6.07) is 75.6. The summed E-state index contributed by atoms with van der Waals surface area (Å²) >= 11 is 1.87. The molecule has 12 aromatic rings. The highest BCUT2D eigenvalue weighted by Crippen LogP contribution is 2.41. The molecule has 0 aliphatic heterocycles. The van der Waals surface area contributed by atoms with Gasteiger partial charge in [-0.1, -0.05) is 133 Å². The topological polar surface area (TPSA) is 9.86 Å². The van der Waals surface area contributed by atoms with E-state index in [4.69, 9.17) is 0 Å². The summed E-state index contributed by atoms with van der Waals surface area (Å²) < 4.78 is 7.44. The number of benzene rings is 9. The van der Waals surface area contributed by atoms with Gasteiger partial charge in [-0.05, 0) is 106 Å². The molecular formula is C54H34N2S. The molecule has 0 N–H and O–H groups in total. The molecule has 3 aromatic heterocycles. The van der Waals surface area contributed by atoms with Crippen molar-refractivity contribution in [2.24, 2.45) is 0 Å². The zero-order chi connectivity index (χ0) is 37.5. The van der Waals surface area contributed by atoms with Crippen LogP contribution in [-0.4, -0.2) is 9.13 Å². The second kappa shape index (κ2) is 12.7. The second-order valence-corrected chi connectivity index (χ2v) is 16.0. The van der Waals surface area contributed by atoms with E-state index in [0.717, 1.165) is 5.69 Å². The SMILES string of the molecule is c1ccc(-n2c3ccccc3c3cc(-c4ccc(-c5ccc6c(c5)c5ccccc5n6-c5ccc(-c6cccc7sc8ccccc8c67)cc5)cc4)ccc32)cc1. The van der Waals surface area contributed by atoms with Crippen LogP contribution < -0.4 is 0 Å². The third-order valence-corrected chi connectivity index (χ3v) is 12.9. The molecule has 0 radical (unpaired) electrons. The Balaban J connectivity index is 0.904. The first-order valence-electron chi connectivity index (χ1n) is 19.5. The molecule has 0 aliphatic carbocycles. The summed E-state index contributed by atoms with van der Waals surface area (Å²) in [5.74, 6) is 0. The maximum atomic E-state index is 2.41. The van der Waals surface area contributed by atoms with Crippen molar-refractivity contribution in [3.05, 3.63) is 206 Å². The molecule has 3 heterocycles. The van der Waals surface area contributed by atoms with Crippen molar-refractivity contribution in [1.29, 1.82) is 0 Å². The minimum absolute atomic E-state index is 1.16. The first-order chi connectivity index (χ1) is 28.3. The number of thiophene rings is 1. The number of nitrogens with zero attached hydrogens (tertiary/aromatic N) is 2. The molecule has 0 bridgehead atoms. The van der Waals surface area contributed by atoms with Gasteiger partial charge in [0, 0.05) is 53.1 Å². The van der Waals surface area contributed by atoms with Crippen molar-refractivity contribution >= 4 is 75.1 Å². The van der Waals surface area contributed by atoms with Gasteiger partial charge in [0.05, 0.1) is 22.1 Å². The number of rotatable bonds is 5. The lowest BCUT2D eigenvalue weighted by Gasteiger charge is -2.11. The first-order valence-corrected chi connectivity index (χ1v) is 20.3. The van der Waals surface area contributed by atoms with Gasteiger partial charge < -0.3 is 9.13 Å². The fourth-order valence-electron chi connectivity index (χ4n) is 9.10. The van der Waals surface area contributed by atoms with Gasteiger partial charge in [0.15, 0.2) is 0 Å². The minimum atomic E-state index is 1.16. The van der Waals surface area contributed by atoms with Crippen molar-refractivity contribution in [2.75, 3.05) is 0 Å². The average molecular weight is 743 g/mol. The molecule has 0 aliphatic rings. The lowest BCUT2D eigenvalue weighted by Crippen LogP contribution is -1.93. The van der Waals surface area contributed by atoms with Crippen molar-refractivity contribution < 1.29 is 0 Å². The maximum absolute atomic E-state index is 2.41. The van der Waals surface area contributed by atoms with E-state index < -0.39 is 0 Å². The first kappa shape index (κ1) is 32.1. The van der Waals surface area contributed by atoms with Gasteiger partial charge in [-0.25, -0.2) is 0 Å². The maximum Gasteiger partial charge on any atom is 0.0541 e. The predicted octanol–water partition coefficient (Wildman–Crippen LogP) is 15.2. The van der Waals surface area contributed by atoms with Gasteiger partial charge >= 0.3 is 0 Å². The van der Waals surface area contributed by atoms with E-state index in [1.807, 2.05) is 11.3 Å². The molecule has 9 aromatic carbocycles. The van der Waals surface area contributed by atoms with Crippen LogP contribution in [-0.2, 0) is 0 Å². The van der Waals surface area contributed by atoms with Crippen molar-refractivity contribution in [2.45, 2.75) is 0 Å². The molecule has 266 valence electrons. The standard InChI is InChI=1S/C54H34N2S/c1-2-11-40(12-3-1)55-48-17-7-4-13-43(48)46-33-38(27-31-50(46)55)35-21-23-36(24-22-35)39-28-32-51-47(34-39)44-14-5-8-18-49(44)56(51)41-29-25-37(26-30-41)42-16-10-20-53-54(42)45-15-6-9-19-52(45)57-53/h1-34H. The Morgan fingerprint density at radius 2 is 0.737 bits per heavy atom. The Bertz CT molecular complexity index is 3490. The number of para-hydroxylation sites is 3. The Hall–Kier alpha value is -7.20. The number of hydrogen-bond acceptors (Lipinski definition) is 1. The van der Waals surface area contributed by atoms with Crippen molar-refractivity contribution in [1.82, 2.24) is 9.13 Å². The highest BCUT2D eigenvalue weighted by molar-refractivity contribution is 7.25. The normalized spacial score (nSPS) is 11.9. The van der Waals surface area contributed by atoms with Gasteiger partial charge in [0.25, 0.3) is 0 Å². The van der Waals surface area contributed by atoms with Crippen molar-refractivity contribution in [3.63, 3.8) is 0 Å². The highest BCUT2D eigenvalue weighted by atomic mass is 32.1. The molecule has 0 fully saturated rings. The van der Waals surface area contributed by atoms with Gasteiger partial charge in [-0.2, -0.15) is 0 Å². The van der Waals surface area contributed by atoms with E-state index in [-0.39, 0.29) is 0 Å². The van der Waals surface area contributed by atoms with E-state index >= 15 is 0 Å². The van der Waals surface area contributed by atoms with Gasteiger partial charge in [0.1, 0.15) is 0 Å². The molecule has 0 amide bonds. The second-order valence-electron chi connectivity index (χ2n) is 14.9. The summed E-state index contributed by atoms with van der Waals surface area (Å²) in [5, 5.41) is 7.72. The smallest absolute Gasteiger partial charge is 0.0541 e. The molecule has 3 heteroatoms. The molecular weight excluding hydrogens is 709 g/mol.